The summed E-state index contributed by atoms with van der Waals surface area (Å²) in [6.07, 6.45) is 1.65. The van der Waals surface area contributed by atoms with E-state index in [9.17, 15) is 0 Å². The highest BCUT2D eigenvalue weighted by Gasteiger charge is 2.18. The van der Waals surface area contributed by atoms with Crippen molar-refractivity contribution in [2.75, 3.05) is 39.9 Å². The van der Waals surface area contributed by atoms with E-state index in [4.69, 9.17) is 30.4 Å². The predicted molar refractivity (Wildman–Crippen MR) is 108 cm³/mol. The van der Waals surface area contributed by atoms with Crippen molar-refractivity contribution in [1.82, 2.24) is 9.97 Å². The van der Waals surface area contributed by atoms with Crippen molar-refractivity contribution in [2.24, 2.45) is 0 Å². The number of benzene rings is 2. The molecule has 0 aliphatic carbocycles. The smallest absolute Gasteiger partial charge is 0.220 e. The minimum absolute atomic E-state index is 0.147. The van der Waals surface area contributed by atoms with E-state index in [0.717, 1.165) is 16.7 Å². The van der Waals surface area contributed by atoms with Gasteiger partial charge in [-0.2, -0.15) is 0 Å². The van der Waals surface area contributed by atoms with Gasteiger partial charge in [0.15, 0.2) is 11.5 Å². The first-order chi connectivity index (χ1) is 13.5. The number of hydrogen-bond acceptors (Lipinski definition) is 8. The summed E-state index contributed by atoms with van der Waals surface area (Å²) >= 11 is 0. The Hall–Kier alpha value is -3.68. The first-order valence-electron chi connectivity index (χ1n) is 8.39. The van der Waals surface area contributed by atoms with Gasteiger partial charge in [0.1, 0.15) is 5.75 Å². The molecular formula is C20H22N4O4. The topological polar surface area (TPSA) is 115 Å². The van der Waals surface area contributed by atoms with Crippen molar-refractivity contribution in [1.29, 1.82) is 0 Å². The summed E-state index contributed by atoms with van der Waals surface area (Å²) in [4.78, 5) is 8.58. The third kappa shape index (κ3) is 3.44. The van der Waals surface area contributed by atoms with Crippen LogP contribution in [0.1, 0.15) is 0 Å². The summed E-state index contributed by atoms with van der Waals surface area (Å²) in [7, 11) is 6.23. The first kappa shape index (κ1) is 19.1. The second-order valence-electron chi connectivity index (χ2n) is 5.86. The van der Waals surface area contributed by atoms with Crippen LogP contribution in [0.15, 0.2) is 36.5 Å². The van der Waals surface area contributed by atoms with Crippen LogP contribution in [0.3, 0.4) is 0 Å². The molecule has 0 saturated carbocycles. The molecule has 2 aromatic carbocycles. The molecule has 0 amide bonds. The van der Waals surface area contributed by atoms with Gasteiger partial charge >= 0.3 is 0 Å². The molecule has 146 valence electrons. The van der Waals surface area contributed by atoms with Gasteiger partial charge in [-0.3, -0.25) is 0 Å². The van der Waals surface area contributed by atoms with Crippen molar-refractivity contribution < 1.29 is 18.9 Å². The molecule has 0 bridgehead atoms. The van der Waals surface area contributed by atoms with Gasteiger partial charge in [0, 0.05) is 17.3 Å². The Labute approximate surface area is 163 Å². The average molecular weight is 382 g/mol. The monoisotopic (exact) mass is 382 g/mol. The fraction of sp³-hybridized carbons (Fsp3) is 0.200. The van der Waals surface area contributed by atoms with Crippen molar-refractivity contribution >= 4 is 11.6 Å². The molecule has 0 aliphatic rings. The van der Waals surface area contributed by atoms with Crippen LogP contribution in [0.2, 0.25) is 0 Å². The minimum Gasteiger partial charge on any atom is -0.495 e. The fourth-order valence-electron chi connectivity index (χ4n) is 2.95. The Kier molecular flexibility index (Phi) is 5.39. The second kappa shape index (κ2) is 7.91. The molecule has 28 heavy (non-hydrogen) atoms. The summed E-state index contributed by atoms with van der Waals surface area (Å²) < 4.78 is 21.5. The Morgan fingerprint density at radius 1 is 0.750 bits per heavy atom. The van der Waals surface area contributed by atoms with E-state index < -0.39 is 0 Å². The van der Waals surface area contributed by atoms with Gasteiger partial charge in [-0.25, -0.2) is 9.97 Å². The Morgan fingerprint density at radius 2 is 1.39 bits per heavy atom. The van der Waals surface area contributed by atoms with E-state index in [1.165, 1.54) is 0 Å². The molecule has 0 aliphatic heterocycles. The Balaban J connectivity index is 2.23. The fourth-order valence-corrected chi connectivity index (χ4v) is 2.95. The molecule has 3 aromatic rings. The average Bonchev–Trinajstić information content (AvgIpc) is 2.72. The number of anilines is 2. The molecule has 1 aromatic heterocycles. The zero-order chi connectivity index (χ0) is 20.3. The van der Waals surface area contributed by atoms with Crippen LogP contribution < -0.4 is 30.4 Å². The number of rotatable bonds is 6. The van der Waals surface area contributed by atoms with Crippen LogP contribution in [-0.2, 0) is 0 Å². The van der Waals surface area contributed by atoms with Crippen LogP contribution in [0.4, 0.5) is 11.6 Å². The summed E-state index contributed by atoms with van der Waals surface area (Å²) in [6, 6.07) is 9.08. The Bertz CT molecular complexity index is 982. The summed E-state index contributed by atoms with van der Waals surface area (Å²) in [5.74, 6) is 2.25. The SMILES string of the molecule is COc1ccc(-c2cnc(N)nc2-c2cc(OC)c(OC)c(OC)c2)cc1N. The third-order valence-corrected chi connectivity index (χ3v) is 4.29. The van der Waals surface area contributed by atoms with Gasteiger partial charge in [-0.1, -0.05) is 6.07 Å². The summed E-state index contributed by atoms with van der Waals surface area (Å²) in [6.45, 7) is 0. The predicted octanol–water partition coefficient (Wildman–Crippen LogP) is 3.01. The lowest BCUT2D eigenvalue weighted by molar-refractivity contribution is 0.324. The maximum absolute atomic E-state index is 6.07. The maximum Gasteiger partial charge on any atom is 0.220 e. The van der Waals surface area contributed by atoms with Crippen LogP contribution in [0, 0.1) is 0 Å². The standard InChI is InChI=1S/C20H22N4O4/c1-25-15-6-5-11(7-14(15)21)13-10-23-20(22)24-18(13)12-8-16(26-2)19(28-4)17(9-12)27-3/h5-10H,21H2,1-4H3,(H2,22,23,24). The second-order valence-corrected chi connectivity index (χ2v) is 5.86. The molecule has 0 unspecified atom stereocenters. The molecule has 0 spiro atoms. The molecule has 1 heterocycles. The highest BCUT2D eigenvalue weighted by molar-refractivity contribution is 5.84. The maximum atomic E-state index is 6.07. The number of ether oxygens (including phenoxy) is 4. The molecule has 3 rings (SSSR count). The molecule has 8 nitrogen and oxygen atoms in total. The molecule has 0 radical (unpaired) electrons. The molecule has 0 fully saturated rings. The lowest BCUT2D eigenvalue weighted by Gasteiger charge is -2.16. The van der Waals surface area contributed by atoms with Crippen LogP contribution in [0.25, 0.3) is 22.4 Å². The Morgan fingerprint density at radius 3 is 1.93 bits per heavy atom. The molecule has 4 N–H and O–H groups in total. The van der Waals surface area contributed by atoms with E-state index >= 15 is 0 Å². The summed E-state index contributed by atoms with van der Waals surface area (Å²) in [5.41, 5.74) is 15.3. The quantitative estimate of drug-likeness (QED) is 0.625. The van der Waals surface area contributed by atoms with E-state index in [1.54, 1.807) is 58.9 Å². The van der Waals surface area contributed by atoms with Gasteiger partial charge in [-0.05, 0) is 29.8 Å². The van der Waals surface area contributed by atoms with Crippen molar-refractivity contribution in [3.63, 3.8) is 0 Å². The molecule has 8 heteroatoms. The highest BCUT2D eigenvalue weighted by Crippen LogP contribution is 2.43. The lowest BCUT2D eigenvalue weighted by atomic mass is 9.99. The normalized spacial score (nSPS) is 10.4. The first-order valence-corrected chi connectivity index (χ1v) is 8.39. The molecule has 0 saturated heterocycles. The van der Waals surface area contributed by atoms with Gasteiger partial charge in [0.05, 0.1) is 39.8 Å². The number of hydrogen-bond donors (Lipinski definition) is 2. The van der Waals surface area contributed by atoms with Gasteiger partial charge in [0.2, 0.25) is 11.7 Å². The van der Waals surface area contributed by atoms with E-state index in [0.29, 0.717) is 34.4 Å². The van der Waals surface area contributed by atoms with Crippen molar-refractivity contribution in [2.45, 2.75) is 0 Å². The number of nitrogens with two attached hydrogens (primary N) is 2. The number of nitrogens with zero attached hydrogens (tertiary/aromatic N) is 2. The van der Waals surface area contributed by atoms with Crippen molar-refractivity contribution in [3.8, 4) is 45.4 Å². The van der Waals surface area contributed by atoms with Crippen LogP contribution >= 0.6 is 0 Å². The summed E-state index contributed by atoms with van der Waals surface area (Å²) in [5, 5.41) is 0. The van der Waals surface area contributed by atoms with Gasteiger partial charge < -0.3 is 30.4 Å². The number of nitrogen functional groups attached to an aromatic ring is 2. The molecule has 0 atom stereocenters. The highest BCUT2D eigenvalue weighted by atomic mass is 16.5. The molecular weight excluding hydrogens is 360 g/mol. The van der Waals surface area contributed by atoms with E-state index in [1.807, 2.05) is 6.07 Å². The third-order valence-electron chi connectivity index (χ3n) is 4.29. The van der Waals surface area contributed by atoms with Crippen LogP contribution in [-0.4, -0.2) is 38.4 Å². The zero-order valence-electron chi connectivity index (χ0n) is 16.1. The van der Waals surface area contributed by atoms with Gasteiger partial charge in [-0.15, -0.1) is 0 Å². The number of aromatic nitrogens is 2. The number of methoxy groups -OCH3 is 4. The van der Waals surface area contributed by atoms with E-state index in [2.05, 4.69) is 9.97 Å². The van der Waals surface area contributed by atoms with E-state index in [-0.39, 0.29) is 5.95 Å². The van der Waals surface area contributed by atoms with Gasteiger partial charge in [0.25, 0.3) is 0 Å². The minimum atomic E-state index is 0.147. The van der Waals surface area contributed by atoms with Crippen molar-refractivity contribution in [3.05, 3.63) is 36.5 Å². The zero-order valence-corrected chi connectivity index (χ0v) is 16.1. The largest absolute Gasteiger partial charge is 0.495 e. The lowest BCUT2D eigenvalue weighted by Crippen LogP contribution is -2.01. The van der Waals surface area contributed by atoms with Crippen LogP contribution in [0.5, 0.6) is 23.0 Å².